The summed E-state index contributed by atoms with van der Waals surface area (Å²) < 4.78 is 1.95. The van der Waals surface area contributed by atoms with Gasteiger partial charge in [0, 0.05) is 59.6 Å². The Morgan fingerprint density at radius 2 is 1.59 bits per heavy atom. The molecule has 1 aromatic carbocycles. The van der Waals surface area contributed by atoms with Gasteiger partial charge in [0.2, 0.25) is 0 Å². The lowest BCUT2D eigenvalue weighted by Crippen LogP contribution is -1.99. The van der Waals surface area contributed by atoms with Crippen LogP contribution in [0, 0.1) is 10.1 Å². The standard InChI is InChI=1S/C13H10N4O2.C5H6N2O/c18-17(19)12-2-1-11-3-4-16(13(11)5-12)8-10-6-14-9-15-7-10;8-3-5-1-6-4-7-2-5/h1-7,9H,8H2;1-2,4,8H,3H2. The predicted molar refractivity (Wildman–Crippen MR) is 97.7 cm³/mol. The zero-order valence-corrected chi connectivity index (χ0v) is 14.2. The van der Waals surface area contributed by atoms with Crippen molar-refractivity contribution in [2.24, 2.45) is 0 Å². The van der Waals surface area contributed by atoms with E-state index in [0.29, 0.717) is 6.54 Å². The van der Waals surface area contributed by atoms with Gasteiger partial charge >= 0.3 is 0 Å². The van der Waals surface area contributed by atoms with Crippen LogP contribution >= 0.6 is 0 Å². The van der Waals surface area contributed by atoms with E-state index in [9.17, 15) is 10.1 Å². The first-order valence-corrected chi connectivity index (χ1v) is 7.99. The fraction of sp³-hybridized carbons (Fsp3) is 0.111. The molecule has 9 nitrogen and oxygen atoms in total. The first kappa shape index (κ1) is 18.1. The minimum Gasteiger partial charge on any atom is -0.392 e. The van der Waals surface area contributed by atoms with Gasteiger partial charge in [0.15, 0.2) is 0 Å². The molecule has 0 amide bonds. The summed E-state index contributed by atoms with van der Waals surface area (Å²) in [5.41, 5.74) is 2.62. The van der Waals surface area contributed by atoms with Gasteiger partial charge < -0.3 is 9.67 Å². The van der Waals surface area contributed by atoms with Crippen LogP contribution in [-0.2, 0) is 13.2 Å². The number of fused-ring (bicyclic) bond motifs is 1. The molecule has 4 rings (SSSR count). The molecule has 1 N–H and O–H groups in total. The lowest BCUT2D eigenvalue weighted by molar-refractivity contribution is -0.384. The monoisotopic (exact) mass is 364 g/mol. The summed E-state index contributed by atoms with van der Waals surface area (Å²) in [6, 6.07) is 6.78. The summed E-state index contributed by atoms with van der Waals surface area (Å²) in [5, 5.41) is 20.2. The molecule has 0 aliphatic heterocycles. The zero-order chi connectivity index (χ0) is 19.1. The molecule has 0 unspecified atom stereocenters. The van der Waals surface area contributed by atoms with E-state index in [-0.39, 0.29) is 17.2 Å². The molecular formula is C18H16N6O3. The second-order valence-electron chi connectivity index (χ2n) is 5.60. The van der Waals surface area contributed by atoms with Gasteiger partial charge in [-0.3, -0.25) is 10.1 Å². The van der Waals surface area contributed by atoms with E-state index in [0.717, 1.165) is 22.0 Å². The highest BCUT2D eigenvalue weighted by molar-refractivity contribution is 5.82. The quantitative estimate of drug-likeness (QED) is 0.436. The first-order chi connectivity index (χ1) is 13.2. The molecule has 0 aliphatic rings. The van der Waals surface area contributed by atoms with Gasteiger partial charge in [0.1, 0.15) is 12.7 Å². The number of nitro benzene ring substituents is 1. The average molecular weight is 364 g/mol. The third kappa shape index (κ3) is 4.67. The second-order valence-corrected chi connectivity index (χ2v) is 5.60. The molecule has 0 saturated carbocycles. The third-order valence-electron chi connectivity index (χ3n) is 3.73. The summed E-state index contributed by atoms with van der Waals surface area (Å²) in [5.74, 6) is 0. The van der Waals surface area contributed by atoms with E-state index < -0.39 is 0 Å². The fourth-order valence-electron chi connectivity index (χ4n) is 2.44. The van der Waals surface area contributed by atoms with Crippen LogP contribution in [0.15, 0.2) is 67.9 Å². The van der Waals surface area contributed by atoms with Crippen LogP contribution in [0.2, 0.25) is 0 Å². The Labute approximate surface area is 154 Å². The summed E-state index contributed by atoms with van der Waals surface area (Å²) >= 11 is 0. The van der Waals surface area contributed by atoms with E-state index in [2.05, 4.69) is 19.9 Å². The fourth-order valence-corrected chi connectivity index (χ4v) is 2.44. The molecule has 0 spiro atoms. The Bertz CT molecular complexity index is 1020. The number of non-ortho nitro benzene ring substituents is 1. The van der Waals surface area contributed by atoms with Gasteiger partial charge in [-0.25, -0.2) is 19.9 Å². The normalized spacial score (nSPS) is 10.3. The SMILES string of the molecule is O=[N+]([O-])c1ccc2ccn(Cc3cncnc3)c2c1.OCc1cncnc1. The van der Waals surface area contributed by atoms with Gasteiger partial charge in [-0.05, 0) is 12.1 Å². The topological polar surface area (TPSA) is 120 Å². The lowest BCUT2D eigenvalue weighted by Gasteiger charge is -2.04. The molecule has 4 aromatic rings. The largest absolute Gasteiger partial charge is 0.392 e. The van der Waals surface area contributed by atoms with Gasteiger partial charge in [0.25, 0.3) is 5.69 Å². The highest BCUT2D eigenvalue weighted by Crippen LogP contribution is 2.22. The second kappa shape index (κ2) is 8.59. The van der Waals surface area contributed by atoms with Crippen molar-refractivity contribution in [1.29, 1.82) is 0 Å². The summed E-state index contributed by atoms with van der Waals surface area (Å²) in [6.07, 6.45) is 11.4. The number of aliphatic hydroxyl groups excluding tert-OH is 1. The molecule has 3 aromatic heterocycles. The van der Waals surface area contributed by atoms with E-state index in [1.54, 1.807) is 36.9 Å². The molecule has 0 aliphatic carbocycles. The first-order valence-electron chi connectivity index (χ1n) is 7.99. The van der Waals surface area contributed by atoms with Crippen LogP contribution in [0.1, 0.15) is 11.1 Å². The number of aromatic nitrogens is 5. The predicted octanol–water partition coefficient (Wildman–Crippen LogP) is 2.36. The van der Waals surface area contributed by atoms with Crippen LogP contribution in [0.5, 0.6) is 0 Å². The molecule has 27 heavy (non-hydrogen) atoms. The van der Waals surface area contributed by atoms with Crippen molar-refractivity contribution in [1.82, 2.24) is 24.5 Å². The molecule has 0 fully saturated rings. The van der Waals surface area contributed by atoms with Crippen molar-refractivity contribution in [2.45, 2.75) is 13.2 Å². The highest BCUT2D eigenvalue weighted by atomic mass is 16.6. The Morgan fingerprint density at radius 3 is 2.15 bits per heavy atom. The number of rotatable bonds is 4. The number of nitrogens with zero attached hydrogens (tertiary/aromatic N) is 6. The molecule has 0 saturated heterocycles. The number of aliphatic hydroxyl groups is 1. The molecule has 136 valence electrons. The van der Waals surface area contributed by atoms with Gasteiger partial charge in [0.05, 0.1) is 23.6 Å². The van der Waals surface area contributed by atoms with Crippen molar-refractivity contribution < 1.29 is 10.0 Å². The van der Waals surface area contributed by atoms with E-state index >= 15 is 0 Å². The summed E-state index contributed by atoms with van der Waals surface area (Å²) in [4.78, 5) is 25.7. The molecule has 9 heteroatoms. The Balaban J connectivity index is 0.000000221. The maximum atomic E-state index is 10.8. The third-order valence-corrected chi connectivity index (χ3v) is 3.73. The van der Waals surface area contributed by atoms with E-state index in [1.807, 2.05) is 16.8 Å². The number of hydrogen-bond acceptors (Lipinski definition) is 7. The molecule has 3 heterocycles. The van der Waals surface area contributed by atoms with Crippen LogP contribution < -0.4 is 0 Å². The highest BCUT2D eigenvalue weighted by Gasteiger charge is 2.09. The smallest absolute Gasteiger partial charge is 0.271 e. The Morgan fingerprint density at radius 1 is 0.963 bits per heavy atom. The van der Waals surface area contributed by atoms with Crippen molar-refractivity contribution in [2.75, 3.05) is 0 Å². The van der Waals surface area contributed by atoms with Crippen molar-refractivity contribution >= 4 is 16.6 Å². The maximum absolute atomic E-state index is 10.8. The molecule has 0 radical (unpaired) electrons. The zero-order valence-electron chi connectivity index (χ0n) is 14.2. The van der Waals surface area contributed by atoms with Gasteiger partial charge in [-0.2, -0.15) is 0 Å². The molecule has 0 atom stereocenters. The molecular weight excluding hydrogens is 348 g/mol. The summed E-state index contributed by atoms with van der Waals surface area (Å²) in [6.45, 7) is 0.604. The van der Waals surface area contributed by atoms with Crippen molar-refractivity contribution in [3.05, 3.63) is 89.1 Å². The van der Waals surface area contributed by atoms with Gasteiger partial charge in [-0.15, -0.1) is 0 Å². The van der Waals surface area contributed by atoms with Crippen molar-refractivity contribution in [3.8, 4) is 0 Å². The Hall–Kier alpha value is -3.72. The summed E-state index contributed by atoms with van der Waals surface area (Å²) in [7, 11) is 0. The van der Waals surface area contributed by atoms with Crippen molar-refractivity contribution in [3.63, 3.8) is 0 Å². The van der Waals surface area contributed by atoms with E-state index in [1.165, 1.54) is 18.7 Å². The van der Waals surface area contributed by atoms with Crippen LogP contribution in [0.25, 0.3) is 10.9 Å². The Kier molecular flexibility index (Phi) is 5.75. The lowest BCUT2D eigenvalue weighted by atomic mass is 10.2. The molecule has 0 bridgehead atoms. The number of hydrogen-bond donors (Lipinski definition) is 1. The van der Waals surface area contributed by atoms with Gasteiger partial charge in [-0.1, -0.05) is 0 Å². The van der Waals surface area contributed by atoms with Crippen LogP contribution in [-0.4, -0.2) is 34.5 Å². The van der Waals surface area contributed by atoms with Crippen LogP contribution in [0.3, 0.4) is 0 Å². The average Bonchev–Trinajstić information content (AvgIpc) is 3.12. The maximum Gasteiger partial charge on any atom is 0.271 e. The van der Waals surface area contributed by atoms with Crippen LogP contribution in [0.4, 0.5) is 5.69 Å². The minimum absolute atomic E-state index is 0.0147. The van der Waals surface area contributed by atoms with E-state index in [4.69, 9.17) is 5.11 Å². The minimum atomic E-state index is -0.386. The number of benzene rings is 1. The number of nitro groups is 1.